The average molecular weight is 1230 g/mol. The molecule has 0 spiro atoms. The Bertz CT molecular complexity index is 2890. The number of Topliss-reactive ketones (excluding diaryl/α,β-unsaturated/α-hetero) is 1. The number of amides is 6. The number of carbonyl (C=O) groups is 8. The van der Waals surface area contributed by atoms with Crippen LogP contribution < -0.4 is 25.6 Å². The summed E-state index contributed by atoms with van der Waals surface area (Å²) >= 11 is 6.82. The number of ketones is 1. The molecule has 0 radical (unpaired) electrons. The fourth-order valence-corrected chi connectivity index (χ4v) is 9.99. The standard InChI is InChI=1S/C59H80ClN7O19/c1-12-40(68)31-61-43-26-38(18-19-42(43)62-54(72)83-41-16-14-23-79-34-80-33-41)32-82-57(75)65(7)22-21-64(6)56(74)81-24-20-49(69)66(8)37(4)53(71)85-48-29-50(70)67(9)44-27-39(28-45(77-10)51(44)60)25-35(2)15-13-17-47(78-11)59(76)30-46(84-55(73)63-59)36(3)52-58(48,5)86-52/h13-19,26-28,36-37,41,46-48,52,61,76H,12,20-25,29-34H2,1-11H3,(H,62,72)(H,63,73)/b16-14+,17-13+,35-15+/t36-,37+,41?,46+,47-,48+,52+,58+,59+/m1/s1. The number of alkyl carbamates (subject to hydrolysis) is 1. The second-order valence-electron chi connectivity index (χ2n) is 21.6. The van der Waals surface area contributed by atoms with E-state index < -0.39 is 102 Å². The number of nitrogens with zero attached hydrogens (tertiary/aromatic N) is 4. The Balaban J connectivity index is 1.03. The summed E-state index contributed by atoms with van der Waals surface area (Å²) in [5.74, 6) is -2.39. The normalized spacial score (nSPS) is 25.7. The Labute approximate surface area is 505 Å². The summed E-state index contributed by atoms with van der Waals surface area (Å²) in [5.41, 5.74) is -0.0806. The first-order valence-corrected chi connectivity index (χ1v) is 28.5. The van der Waals surface area contributed by atoms with Gasteiger partial charge in [0.1, 0.15) is 66.8 Å². The van der Waals surface area contributed by atoms with Gasteiger partial charge in [0.15, 0.2) is 11.5 Å². The Morgan fingerprint density at radius 2 is 1.70 bits per heavy atom. The minimum atomic E-state index is -1.90. The van der Waals surface area contributed by atoms with E-state index in [0.29, 0.717) is 41.4 Å². The van der Waals surface area contributed by atoms with E-state index in [2.05, 4.69) is 16.0 Å². The van der Waals surface area contributed by atoms with Crippen molar-refractivity contribution in [1.82, 2.24) is 20.0 Å². The molecule has 27 heteroatoms. The van der Waals surface area contributed by atoms with Crippen molar-refractivity contribution in [2.24, 2.45) is 5.92 Å². The second kappa shape index (κ2) is 30.7. The number of hydrogen-bond donors (Lipinski definition) is 4. The third-order valence-electron chi connectivity index (χ3n) is 15.3. The molecule has 2 aromatic rings. The van der Waals surface area contributed by atoms with E-state index in [4.69, 9.17) is 59.0 Å². The average Bonchev–Trinajstić information content (AvgIpc) is 1.62. The van der Waals surface area contributed by atoms with Crippen molar-refractivity contribution in [2.75, 3.05) is 104 Å². The van der Waals surface area contributed by atoms with Crippen LogP contribution in [-0.4, -0.2) is 204 Å². The topological polar surface area (TPSA) is 301 Å². The molecule has 0 saturated carbocycles. The van der Waals surface area contributed by atoms with Gasteiger partial charge in [-0.25, -0.2) is 24.0 Å². The van der Waals surface area contributed by atoms with Crippen LogP contribution in [0.1, 0.15) is 71.4 Å². The lowest BCUT2D eigenvalue weighted by Gasteiger charge is -2.42. The summed E-state index contributed by atoms with van der Waals surface area (Å²) in [7, 11) is 8.67. The van der Waals surface area contributed by atoms with Crippen molar-refractivity contribution in [1.29, 1.82) is 0 Å². The molecule has 1 unspecified atom stereocenters. The number of carbonyl (C=O) groups excluding carboxylic acids is 8. The van der Waals surface area contributed by atoms with Gasteiger partial charge in [-0.15, -0.1) is 0 Å². The summed E-state index contributed by atoms with van der Waals surface area (Å²) in [6, 6.07) is 7.10. The lowest BCUT2D eigenvalue weighted by atomic mass is 9.83. The number of methoxy groups -OCH3 is 2. The maximum absolute atomic E-state index is 14.4. The molecular weight excluding hydrogens is 1150 g/mol. The molecule has 86 heavy (non-hydrogen) atoms. The van der Waals surface area contributed by atoms with Gasteiger partial charge < -0.3 is 77.4 Å². The van der Waals surface area contributed by atoms with E-state index in [1.807, 2.05) is 13.0 Å². The van der Waals surface area contributed by atoms with Crippen molar-refractivity contribution in [3.05, 3.63) is 82.4 Å². The smallest absolute Gasteiger partial charge is 0.412 e. The van der Waals surface area contributed by atoms with E-state index in [1.165, 1.54) is 64.0 Å². The third kappa shape index (κ3) is 18.0. The zero-order valence-electron chi connectivity index (χ0n) is 50.5. The Morgan fingerprint density at radius 1 is 0.977 bits per heavy atom. The van der Waals surface area contributed by atoms with Gasteiger partial charge in [-0.05, 0) is 68.7 Å². The van der Waals surface area contributed by atoms with E-state index in [1.54, 1.807) is 75.4 Å². The van der Waals surface area contributed by atoms with Crippen molar-refractivity contribution in [2.45, 2.75) is 121 Å². The van der Waals surface area contributed by atoms with Gasteiger partial charge in [-0.2, -0.15) is 0 Å². The van der Waals surface area contributed by atoms with Gasteiger partial charge >= 0.3 is 30.3 Å². The number of fused-ring (bicyclic) bond motifs is 5. The minimum Gasteiger partial charge on any atom is -0.495 e. The number of epoxide rings is 1. The van der Waals surface area contributed by atoms with Crippen LogP contribution in [0, 0.1) is 5.92 Å². The van der Waals surface area contributed by atoms with Crippen molar-refractivity contribution in [3.63, 3.8) is 0 Å². The highest BCUT2D eigenvalue weighted by Crippen LogP contribution is 2.49. The number of benzene rings is 2. The molecule has 9 atom stereocenters. The fourth-order valence-electron chi connectivity index (χ4n) is 9.68. The molecule has 4 bridgehead atoms. The van der Waals surface area contributed by atoms with E-state index in [9.17, 15) is 43.5 Å². The second-order valence-corrected chi connectivity index (χ2v) is 22.0. The molecule has 0 aromatic heterocycles. The zero-order chi connectivity index (χ0) is 63.0. The van der Waals surface area contributed by atoms with Crippen LogP contribution in [0.15, 0.2) is 66.3 Å². The summed E-state index contributed by atoms with van der Waals surface area (Å²) in [5, 5.41) is 20.2. The predicted octanol–water partition coefficient (Wildman–Crippen LogP) is 6.11. The molecule has 6 amide bonds. The summed E-state index contributed by atoms with van der Waals surface area (Å²) < 4.78 is 56.3. The van der Waals surface area contributed by atoms with Crippen LogP contribution in [0.25, 0.3) is 0 Å². The largest absolute Gasteiger partial charge is 0.495 e. The number of nitrogens with one attached hydrogen (secondary N) is 3. The summed E-state index contributed by atoms with van der Waals surface area (Å²) in [6.07, 6.45) is 0.511. The number of allylic oxidation sites excluding steroid dienone is 3. The Kier molecular flexibility index (Phi) is 24.2. The van der Waals surface area contributed by atoms with Gasteiger partial charge in [0.2, 0.25) is 11.8 Å². The third-order valence-corrected chi connectivity index (χ3v) is 15.7. The number of esters is 1. The van der Waals surface area contributed by atoms with Crippen molar-refractivity contribution >= 4 is 76.6 Å². The zero-order valence-corrected chi connectivity index (χ0v) is 51.2. The first-order chi connectivity index (χ1) is 40.8. The van der Waals surface area contributed by atoms with E-state index in [0.717, 1.165) is 16.0 Å². The monoisotopic (exact) mass is 1230 g/mol. The van der Waals surface area contributed by atoms with Gasteiger partial charge in [0.05, 0.1) is 62.9 Å². The van der Waals surface area contributed by atoms with Gasteiger partial charge in [-0.1, -0.05) is 61.4 Å². The molecule has 0 aliphatic carbocycles. The van der Waals surface area contributed by atoms with Gasteiger partial charge in [-0.3, -0.25) is 25.0 Å². The number of halogens is 1. The lowest BCUT2D eigenvalue weighted by Crippen LogP contribution is -2.63. The van der Waals surface area contributed by atoms with Crippen LogP contribution in [0.2, 0.25) is 5.02 Å². The molecule has 472 valence electrons. The number of ether oxygens (including phenoxy) is 10. The quantitative estimate of drug-likeness (QED) is 0.0534. The highest BCUT2D eigenvalue weighted by Gasteiger charge is 2.64. The highest BCUT2D eigenvalue weighted by atomic mass is 35.5. The van der Waals surface area contributed by atoms with E-state index >= 15 is 0 Å². The lowest BCUT2D eigenvalue weighted by molar-refractivity contribution is -0.162. The molecule has 4 heterocycles. The highest BCUT2D eigenvalue weighted by molar-refractivity contribution is 6.35. The minimum absolute atomic E-state index is 0.0114. The molecule has 2 aromatic carbocycles. The molecule has 2 fully saturated rings. The molecule has 4 aliphatic rings. The van der Waals surface area contributed by atoms with Crippen molar-refractivity contribution < 1.29 is 90.8 Å². The molecule has 4 aliphatic heterocycles. The first-order valence-electron chi connectivity index (χ1n) is 28.1. The molecule has 4 N–H and O–H groups in total. The maximum atomic E-state index is 14.4. The van der Waals surface area contributed by atoms with Gasteiger partial charge in [0, 0.05) is 67.1 Å². The van der Waals surface area contributed by atoms with Gasteiger partial charge in [0.25, 0.3) is 0 Å². The summed E-state index contributed by atoms with van der Waals surface area (Å²) in [6.45, 7) is 8.37. The van der Waals surface area contributed by atoms with Crippen LogP contribution in [0.3, 0.4) is 0 Å². The Morgan fingerprint density at radius 3 is 2.40 bits per heavy atom. The molecular formula is C59H80ClN7O19. The molecule has 6 rings (SSSR count). The summed E-state index contributed by atoms with van der Waals surface area (Å²) in [4.78, 5) is 111. The number of likely N-dealkylation sites (N-methyl/N-ethyl adjacent to an activating group) is 3. The van der Waals surface area contributed by atoms with E-state index in [-0.39, 0.29) is 76.3 Å². The molecule has 26 nitrogen and oxygen atoms in total. The predicted molar refractivity (Wildman–Crippen MR) is 312 cm³/mol. The number of hydrogen-bond acceptors (Lipinski definition) is 20. The van der Waals surface area contributed by atoms with Crippen molar-refractivity contribution in [3.8, 4) is 5.75 Å². The maximum Gasteiger partial charge on any atom is 0.412 e. The van der Waals surface area contributed by atoms with Crippen LogP contribution in [0.4, 0.5) is 36.2 Å². The van der Waals surface area contributed by atoms with Crippen LogP contribution in [0.5, 0.6) is 5.75 Å². The number of anilines is 3. The fraction of sp³-hybridized carbons (Fsp3) is 0.559. The molecule has 2 saturated heterocycles. The first kappa shape index (κ1) is 67.6. The van der Waals surface area contributed by atoms with Crippen LogP contribution >= 0.6 is 11.6 Å². The Hall–Kier alpha value is -7.49. The number of rotatable bonds is 19. The SMILES string of the molecule is CCC(=O)CNc1cc(COC(=O)N(C)CCN(C)C(=O)OCCC(=O)N(C)[C@@H](C)C(=O)O[C@H]2CC(=O)N(C)c3cc(cc(OC)c3Cl)C/C(C)=C/C=C/[C@@H](OC)[C@@]3(O)C[C@H](OC(=O)N3)[C@@H](C)[C@@H]3O[C@@]23C)ccc1NC(=O)OC1/C=C/COCOC1. The van der Waals surface area contributed by atoms with Crippen LogP contribution in [-0.2, 0) is 74.8 Å². The number of aliphatic hydroxyl groups is 1.